The van der Waals surface area contributed by atoms with Gasteiger partial charge in [0.05, 0.1) is 14.2 Å². The molecule has 0 fully saturated rings. The SMILES string of the molecule is COc1ccc(NC(=O)C(=O)Nc2ncccc2C)cc1OC. The summed E-state index contributed by atoms with van der Waals surface area (Å²) in [6.07, 6.45) is 1.54. The van der Waals surface area contributed by atoms with Crippen molar-refractivity contribution in [1.29, 1.82) is 0 Å². The summed E-state index contributed by atoms with van der Waals surface area (Å²) < 4.78 is 10.3. The summed E-state index contributed by atoms with van der Waals surface area (Å²) in [7, 11) is 3.00. The highest BCUT2D eigenvalue weighted by Crippen LogP contribution is 2.29. The molecule has 7 heteroatoms. The molecule has 2 rings (SSSR count). The van der Waals surface area contributed by atoms with E-state index in [1.54, 1.807) is 37.3 Å². The predicted molar refractivity (Wildman–Crippen MR) is 85.8 cm³/mol. The topological polar surface area (TPSA) is 89.5 Å². The van der Waals surface area contributed by atoms with Gasteiger partial charge in [0.2, 0.25) is 0 Å². The summed E-state index contributed by atoms with van der Waals surface area (Å²) in [6.45, 7) is 1.79. The molecule has 23 heavy (non-hydrogen) atoms. The minimum absolute atomic E-state index is 0.347. The Kier molecular flexibility index (Phi) is 5.14. The van der Waals surface area contributed by atoms with Crippen molar-refractivity contribution >= 4 is 23.3 Å². The largest absolute Gasteiger partial charge is 0.493 e. The molecule has 1 aromatic carbocycles. The zero-order chi connectivity index (χ0) is 16.8. The van der Waals surface area contributed by atoms with E-state index >= 15 is 0 Å². The Morgan fingerprint density at radius 1 is 1.00 bits per heavy atom. The van der Waals surface area contributed by atoms with Gasteiger partial charge in [-0.1, -0.05) is 6.07 Å². The first-order valence-electron chi connectivity index (χ1n) is 6.81. The summed E-state index contributed by atoms with van der Waals surface area (Å²) in [5, 5.41) is 4.96. The average Bonchev–Trinajstić information content (AvgIpc) is 2.56. The van der Waals surface area contributed by atoms with E-state index in [1.807, 2.05) is 0 Å². The third-order valence-electron chi connectivity index (χ3n) is 3.09. The Morgan fingerprint density at radius 2 is 1.70 bits per heavy atom. The molecule has 1 heterocycles. The summed E-state index contributed by atoms with van der Waals surface area (Å²) in [4.78, 5) is 27.9. The second-order valence-corrected chi connectivity index (χ2v) is 4.65. The van der Waals surface area contributed by atoms with Crippen LogP contribution in [0.3, 0.4) is 0 Å². The molecule has 0 bridgehead atoms. The highest BCUT2D eigenvalue weighted by atomic mass is 16.5. The van der Waals surface area contributed by atoms with E-state index in [-0.39, 0.29) is 0 Å². The van der Waals surface area contributed by atoms with Crippen molar-refractivity contribution in [3.63, 3.8) is 0 Å². The Hall–Kier alpha value is -3.09. The summed E-state index contributed by atoms with van der Waals surface area (Å²) in [6, 6.07) is 8.34. The number of ether oxygens (including phenoxy) is 2. The predicted octanol–water partition coefficient (Wildman–Crippen LogP) is 1.98. The van der Waals surface area contributed by atoms with Gasteiger partial charge in [0.25, 0.3) is 0 Å². The molecule has 1 aromatic heterocycles. The first-order valence-corrected chi connectivity index (χ1v) is 6.81. The fourth-order valence-corrected chi connectivity index (χ4v) is 1.88. The molecule has 0 atom stereocenters. The van der Waals surface area contributed by atoms with Gasteiger partial charge in [-0.15, -0.1) is 0 Å². The van der Waals surface area contributed by atoms with Crippen LogP contribution in [0.5, 0.6) is 11.5 Å². The molecule has 0 aliphatic heterocycles. The maximum absolute atomic E-state index is 12.0. The van der Waals surface area contributed by atoms with E-state index in [2.05, 4.69) is 15.6 Å². The fraction of sp³-hybridized carbons (Fsp3) is 0.188. The monoisotopic (exact) mass is 315 g/mol. The Morgan fingerprint density at radius 3 is 2.35 bits per heavy atom. The molecule has 0 aliphatic carbocycles. The van der Waals surface area contributed by atoms with Crippen molar-refractivity contribution < 1.29 is 19.1 Å². The van der Waals surface area contributed by atoms with Crippen LogP contribution in [0.25, 0.3) is 0 Å². The van der Waals surface area contributed by atoms with Gasteiger partial charge in [0.15, 0.2) is 11.5 Å². The highest BCUT2D eigenvalue weighted by Gasteiger charge is 2.16. The molecular formula is C16H17N3O4. The fourth-order valence-electron chi connectivity index (χ4n) is 1.88. The first-order chi connectivity index (χ1) is 11.0. The lowest BCUT2D eigenvalue weighted by Gasteiger charge is -2.11. The van der Waals surface area contributed by atoms with Gasteiger partial charge in [-0.2, -0.15) is 0 Å². The second kappa shape index (κ2) is 7.26. The van der Waals surface area contributed by atoms with E-state index in [9.17, 15) is 9.59 Å². The van der Waals surface area contributed by atoms with E-state index in [0.717, 1.165) is 5.56 Å². The zero-order valence-electron chi connectivity index (χ0n) is 13.0. The smallest absolute Gasteiger partial charge is 0.315 e. The van der Waals surface area contributed by atoms with Crippen LogP contribution >= 0.6 is 0 Å². The van der Waals surface area contributed by atoms with E-state index < -0.39 is 11.8 Å². The minimum Gasteiger partial charge on any atom is -0.493 e. The number of hydrogen-bond acceptors (Lipinski definition) is 5. The number of nitrogens with zero attached hydrogens (tertiary/aromatic N) is 1. The number of anilines is 2. The molecule has 0 saturated heterocycles. The Bertz CT molecular complexity index is 731. The molecule has 0 aliphatic rings. The molecule has 0 radical (unpaired) electrons. The molecule has 0 spiro atoms. The molecule has 0 unspecified atom stereocenters. The standard InChI is InChI=1S/C16H17N3O4/c1-10-5-4-8-17-14(10)19-16(21)15(20)18-11-6-7-12(22-2)13(9-11)23-3/h4-9H,1-3H3,(H,18,20)(H,17,19,21). The molecule has 2 aromatic rings. The normalized spacial score (nSPS) is 9.87. The zero-order valence-corrected chi connectivity index (χ0v) is 13.0. The number of carbonyl (C=O) groups is 2. The lowest BCUT2D eigenvalue weighted by atomic mass is 10.2. The van der Waals surface area contributed by atoms with Crippen molar-refractivity contribution in [2.75, 3.05) is 24.9 Å². The second-order valence-electron chi connectivity index (χ2n) is 4.65. The molecule has 120 valence electrons. The van der Waals surface area contributed by atoms with Crippen LogP contribution in [-0.2, 0) is 9.59 Å². The number of nitrogens with one attached hydrogen (secondary N) is 2. The van der Waals surface area contributed by atoms with Crippen molar-refractivity contribution in [2.45, 2.75) is 6.92 Å². The van der Waals surface area contributed by atoms with Crippen LogP contribution in [0, 0.1) is 6.92 Å². The van der Waals surface area contributed by atoms with Gasteiger partial charge in [0.1, 0.15) is 5.82 Å². The first kappa shape index (κ1) is 16.3. The lowest BCUT2D eigenvalue weighted by Crippen LogP contribution is -2.29. The van der Waals surface area contributed by atoms with Crippen LogP contribution in [0.1, 0.15) is 5.56 Å². The van der Waals surface area contributed by atoms with Crippen LogP contribution in [-0.4, -0.2) is 31.0 Å². The van der Waals surface area contributed by atoms with Gasteiger partial charge >= 0.3 is 11.8 Å². The van der Waals surface area contributed by atoms with E-state index in [1.165, 1.54) is 20.4 Å². The van der Waals surface area contributed by atoms with Gasteiger partial charge in [0, 0.05) is 18.0 Å². The van der Waals surface area contributed by atoms with Gasteiger partial charge in [-0.25, -0.2) is 4.98 Å². The number of aryl methyl sites for hydroxylation is 1. The minimum atomic E-state index is -0.804. The van der Waals surface area contributed by atoms with Crippen LogP contribution in [0.2, 0.25) is 0 Å². The molecule has 7 nitrogen and oxygen atoms in total. The van der Waals surface area contributed by atoms with E-state index in [0.29, 0.717) is 23.0 Å². The van der Waals surface area contributed by atoms with Crippen LogP contribution < -0.4 is 20.1 Å². The summed E-state index contributed by atoms with van der Waals surface area (Å²) in [5.41, 5.74) is 1.18. The van der Waals surface area contributed by atoms with Crippen LogP contribution in [0.15, 0.2) is 36.5 Å². The van der Waals surface area contributed by atoms with Crippen molar-refractivity contribution in [2.24, 2.45) is 0 Å². The van der Waals surface area contributed by atoms with Gasteiger partial charge < -0.3 is 20.1 Å². The quantitative estimate of drug-likeness (QED) is 0.842. The summed E-state index contributed by atoms with van der Waals surface area (Å²) >= 11 is 0. The number of methoxy groups -OCH3 is 2. The number of hydrogen-bond donors (Lipinski definition) is 2. The van der Waals surface area contributed by atoms with Crippen molar-refractivity contribution in [3.8, 4) is 11.5 Å². The average molecular weight is 315 g/mol. The maximum Gasteiger partial charge on any atom is 0.315 e. The third kappa shape index (κ3) is 3.97. The van der Waals surface area contributed by atoms with Gasteiger partial charge in [-0.3, -0.25) is 9.59 Å². The van der Waals surface area contributed by atoms with Crippen molar-refractivity contribution in [1.82, 2.24) is 4.98 Å². The van der Waals surface area contributed by atoms with Crippen molar-refractivity contribution in [3.05, 3.63) is 42.1 Å². The Balaban J connectivity index is 2.07. The van der Waals surface area contributed by atoms with E-state index in [4.69, 9.17) is 9.47 Å². The highest BCUT2D eigenvalue weighted by molar-refractivity contribution is 6.43. The number of benzene rings is 1. The number of aromatic nitrogens is 1. The molecule has 2 N–H and O–H groups in total. The van der Waals surface area contributed by atoms with Crippen LogP contribution in [0.4, 0.5) is 11.5 Å². The number of pyridine rings is 1. The maximum atomic E-state index is 12.0. The molecular weight excluding hydrogens is 298 g/mol. The molecule has 0 saturated carbocycles. The summed E-state index contributed by atoms with van der Waals surface area (Å²) in [5.74, 6) is -0.283. The lowest BCUT2D eigenvalue weighted by molar-refractivity contribution is -0.133. The number of rotatable bonds is 4. The number of carbonyl (C=O) groups excluding carboxylic acids is 2. The number of amides is 2. The Labute approximate surface area is 133 Å². The molecule has 2 amide bonds. The van der Waals surface area contributed by atoms with Gasteiger partial charge in [-0.05, 0) is 30.7 Å². The third-order valence-corrected chi connectivity index (χ3v) is 3.09.